The van der Waals surface area contributed by atoms with Gasteiger partial charge in [-0.05, 0) is 88.0 Å². The minimum atomic E-state index is -2.42. The summed E-state index contributed by atoms with van der Waals surface area (Å²) >= 11 is 0. The van der Waals surface area contributed by atoms with E-state index in [1.807, 2.05) is 81.8 Å². The van der Waals surface area contributed by atoms with Gasteiger partial charge >= 0.3 is 0 Å². The summed E-state index contributed by atoms with van der Waals surface area (Å²) in [5.74, 6) is -0.0694. The number of fused-ring (bicyclic) bond motifs is 3. The van der Waals surface area contributed by atoms with Crippen LogP contribution in [-0.4, -0.2) is 0 Å². The van der Waals surface area contributed by atoms with Crippen molar-refractivity contribution >= 4 is 21.9 Å². The average Bonchev–Trinajstić information content (AvgIpc) is 3.41. The zero-order chi connectivity index (χ0) is 38.2. The molecule has 0 radical (unpaired) electrons. The highest BCUT2D eigenvalue weighted by Crippen LogP contribution is 2.43. The predicted octanol–water partition coefficient (Wildman–Crippen LogP) is 11.9. The fraction of sp³-hybridized carbons (Fsp3) is 0.326. The first-order chi connectivity index (χ1) is 24.1. The van der Waals surface area contributed by atoms with E-state index in [0.717, 1.165) is 55.4 Å². The molecule has 0 saturated heterocycles. The van der Waals surface area contributed by atoms with E-state index in [-0.39, 0.29) is 29.5 Å². The van der Waals surface area contributed by atoms with Gasteiger partial charge < -0.3 is 4.42 Å². The van der Waals surface area contributed by atoms with Crippen LogP contribution in [0.3, 0.4) is 0 Å². The van der Waals surface area contributed by atoms with Crippen molar-refractivity contribution in [1.29, 1.82) is 0 Å². The van der Waals surface area contributed by atoms with Crippen molar-refractivity contribution in [3.8, 4) is 33.5 Å². The molecule has 0 spiro atoms. The molecule has 0 aliphatic carbocycles. The highest BCUT2D eigenvalue weighted by atomic mass is 16.3. The van der Waals surface area contributed by atoms with Crippen molar-refractivity contribution in [2.75, 3.05) is 0 Å². The Kier molecular flexibility index (Phi) is 6.00. The monoisotopic (exact) mass is 601 g/mol. The Morgan fingerprint density at radius 1 is 0.822 bits per heavy atom. The van der Waals surface area contributed by atoms with Crippen LogP contribution in [-0.2, 0) is 13.4 Å². The molecule has 45 heavy (non-hydrogen) atoms. The maximum absolute atomic E-state index is 9.06. The zero-order valence-electron chi connectivity index (χ0n) is 34.9. The van der Waals surface area contributed by atoms with Crippen molar-refractivity contribution in [3.63, 3.8) is 0 Å². The fourth-order valence-corrected chi connectivity index (χ4v) is 6.42. The molecule has 0 atom stereocenters. The maximum atomic E-state index is 9.06. The number of rotatable bonds is 6. The third-order valence-electron chi connectivity index (χ3n) is 8.55. The summed E-state index contributed by atoms with van der Waals surface area (Å²) in [6, 6.07) is 21.4. The quantitative estimate of drug-likeness (QED) is 0.174. The van der Waals surface area contributed by atoms with E-state index in [1.54, 1.807) is 18.3 Å². The molecule has 0 fully saturated rings. The number of nitrogens with zero attached hydrogens (tertiary/aromatic N) is 1. The van der Waals surface area contributed by atoms with Crippen LogP contribution in [0.2, 0.25) is 0 Å². The molecule has 0 saturated carbocycles. The van der Waals surface area contributed by atoms with Gasteiger partial charge in [0.2, 0.25) is 5.69 Å². The number of aromatic nitrogens is 1. The van der Waals surface area contributed by atoms with Crippen molar-refractivity contribution in [1.82, 2.24) is 0 Å². The molecule has 0 bridgehead atoms. The molecule has 2 heteroatoms. The second-order valence-electron chi connectivity index (χ2n) is 14.0. The lowest BCUT2D eigenvalue weighted by Crippen LogP contribution is -2.31. The van der Waals surface area contributed by atoms with Gasteiger partial charge in [-0.25, -0.2) is 4.57 Å². The molecule has 230 valence electrons. The van der Waals surface area contributed by atoms with Crippen molar-refractivity contribution in [2.24, 2.45) is 12.5 Å². The summed E-state index contributed by atoms with van der Waals surface area (Å²) in [6.07, 6.45) is -0.0164. The van der Waals surface area contributed by atoms with E-state index >= 15 is 0 Å². The van der Waals surface area contributed by atoms with Gasteiger partial charge in [0.25, 0.3) is 0 Å². The van der Waals surface area contributed by atoms with Gasteiger partial charge in [-0.2, -0.15) is 0 Å². The van der Waals surface area contributed by atoms with Crippen LogP contribution in [0.4, 0.5) is 0 Å². The van der Waals surface area contributed by atoms with Crippen LogP contribution in [0.1, 0.15) is 97.7 Å². The largest absolute Gasteiger partial charge is 0.455 e. The summed E-state index contributed by atoms with van der Waals surface area (Å²) in [5, 5.41) is 2.01. The molecule has 6 aromatic rings. The molecule has 6 rings (SSSR count). The van der Waals surface area contributed by atoms with E-state index in [4.69, 9.17) is 14.0 Å². The molecule has 4 aromatic carbocycles. The van der Waals surface area contributed by atoms with Gasteiger partial charge in [0.1, 0.15) is 18.2 Å². The number of pyridine rings is 1. The van der Waals surface area contributed by atoms with E-state index in [1.165, 1.54) is 0 Å². The smallest absolute Gasteiger partial charge is 0.216 e. The minimum absolute atomic E-state index is 0.0347. The first kappa shape index (κ1) is 23.2. The maximum Gasteiger partial charge on any atom is 0.216 e. The molecule has 2 nitrogen and oxygen atoms in total. The van der Waals surface area contributed by atoms with Crippen molar-refractivity contribution in [3.05, 3.63) is 113 Å². The number of aryl methyl sites for hydroxylation is 3. The molecule has 0 N–H and O–H groups in total. The number of para-hydroxylation sites is 1. The average molecular weight is 602 g/mol. The topological polar surface area (TPSA) is 17.0 Å². The van der Waals surface area contributed by atoms with E-state index < -0.39 is 18.6 Å². The Morgan fingerprint density at radius 3 is 2.11 bits per heavy atom. The number of hydrogen-bond acceptors (Lipinski definition) is 1. The SMILES string of the molecule is [2H]c1cc(C([2H])([2H])C(C)(C)C)cc([2H])c1-c1cc(C(C)C)c(-c2cc(-c3c(C)ccc4c3oc3ccccc34)[n+](C)cc2C([2H])([2H])[2H])c(C(C)C)c1. The summed E-state index contributed by atoms with van der Waals surface area (Å²) in [5.41, 5.74) is 8.48. The van der Waals surface area contributed by atoms with Crippen LogP contribution in [0.15, 0.2) is 89.4 Å². The zero-order valence-corrected chi connectivity index (χ0v) is 27.9. The fourth-order valence-electron chi connectivity index (χ4n) is 6.42. The van der Waals surface area contributed by atoms with Crippen molar-refractivity contribution in [2.45, 2.75) is 80.5 Å². The number of benzene rings is 4. The molecule has 0 aliphatic rings. The van der Waals surface area contributed by atoms with Crippen LogP contribution in [0, 0.1) is 19.2 Å². The Labute approximate surface area is 279 Å². The van der Waals surface area contributed by atoms with E-state index in [0.29, 0.717) is 22.3 Å². The third kappa shape index (κ3) is 5.84. The van der Waals surface area contributed by atoms with Crippen LogP contribution >= 0.6 is 0 Å². The third-order valence-corrected chi connectivity index (χ3v) is 8.55. The Bertz CT molecular complexity index is 2300. The van der Waals surface area contributed by atoms with Crippen LogP contribution < -0.4 is 4.57 Å². The molecule has 0 aliphatic heterocycles. The van der Waals surface area contributed by atoms with Gasteiger partial charge in [0.05, 0.1) is 8.30 Å². The lowest BCUT2D eigenvalue weighted by Gasteiger charge is -2.23. The standard InChI is InChI=1S/C43H48NO/c1-26(2)35-21-32(31-18-16-30(17-19-31)24-43(7,8)9)22-36(27(3)4)41(35)37-23-38(44(10)25-29(37)6)40-28(5)15-20-34-33-13-11-12-14-39(33)45-42(34)40/h11-23,25-27H,24H2,1-10H3/q+1/i6D3,18D,19D,24D2. The minimum Gasteiger partial charge on any atom is -0.455 e. The lowest BCUT2D eigenvalue weighted by molar-refractivity contribution is -0.660. The van der Waals surface area contributed by atoms with E-state index in [9.17, 15) is 0 Å². The summed E-state index contributed by atoms with van der Waals surface area (Å²) in [4.78, 5) is 0. The second-order valence-corrected chi connectivity index (χ2v) is 14.0. The van der Waals surface area contributed by atoms with Crippen LogP contribution in [0.5, 0.6) is 0 Å². The van der Waals surface area contributed by atoms with Gasteiger partial charge in [-0.3, -0.25) is 0 Å². The molecule has 0 unspecified atom stereocenters. The molecular weight excluding hydrogens is 546 g/mol. The molecular formula is C43H48NO+. The Balaban J connectivity index is 1.66. The number of hydrogen-bond donors (Lipinski definition) is 0. The van der Waals surface area contributed by atoms with Gasteiger partial charge in [0.15, 0.2) is 6.20 Å². The van der Waals surface area contributed by atoms with Gasteiger partial charge in [-0.15, -0.1) is 0 Å². The summed E-state index contributed by atoms with van der Waals surface area (Å²) < 4.78 is 70.2. The van der Waals surface area contributed by atoms with Crippen molar-refractivity contribution < 1.29 is 18.6 Å². The second kappa shape index (κ2) is 11.6. The molecule has 2 aromatic heterocycles. The van der Waals surface area contributed by atoms with Crippen LogP contribution in [0.25, 0.3) is 55.4 Å². The van der Waals surface area contributed by atoms with Gasteiger partial charge in [-0.1, -0.05) is 115 Å². The number of furan rings is 1. The van der Waals surface area contributed by atoms with Gasteiger partial charge in [0, 0.05) is 29.3 Å². The highest BCUT2D eigenvalue weighted by Gasteiger charge is 2.26. The summed E-state index contributed by atoms with van der Waals surface area (Å²) in [6.45, 7) is 13.4. The Hall–Kier alpha value is -4.17. The summed E-state index contributed by atoms with van der Waals surface area (Å²) in [7, 11) is 1.88. The normalized spacial score (nSPS) is 15.1. The molecule has 0 amide bonds. The predicted molar refractivity (Wildman–Crippen MR) is 192 cm³/mol. The molecule has 2 heterocycles. The first-order valence-electron chi connectivity index (χ1n) is 19.4. The lowest BCUT2D eigenvalue weighted by atomic mass is 9.81. The first-order valence-corrected chi connectivity index (χ1v) is 15.9. The van der Waals surface area contributed by atoms with E-state index in [2.05, 4.69) is 39.8 Å². The highest BCUT2D eigenvalue weighted by molar-refractivity contribution is 6.09. The Morgan fingerprint density at radius 2 is 1.49 bits per heavy atom.